The number of aliphatic hydroxyl groups excluding tert-OH is 2. The largest absolute Gasteiger partial charge is 0.394 e. The lowest BCUT2D eigenvalue weighted by Gasteiger charge is -2.16. The molecule has 0 aliphatic carbocycles. The molecule has 6 N–H and O–H groups in total. The van der Waals surface area contributed by atoms with E-state index in [1.807, 2.05) is 0 Å². The van der Waals surface area contributed by atoms with Crippen LogP contribution in [-0.2, 0) is 4.74 Å². The first-order chi connectivity index (χ1) is 9.90. The molecule has 1 aliphatic heterocycles. The van der Waals surface area contributed by atoms with Crippen molar-refractivity contribution < 1.29 is 24.1 Å². The standard InChI is InChI=1S/C11H13FN4O5/c12-1-4-7(18)6(3-17)21-10(4)16-2-5(9(14)19)8(13)15-11(16)20/h1-2,6-7,10,17-18H,3H2,(H2,14,19)(H2,13,15,20). The van der Waals surface area contributed by atoms with Crippen molar-refractivity contribution in [3.63, 3.8) is 0 Å². The van der Waals surface area contributed by atoms with Crippen molar-refractivity contribution in [2.24, 2.45) is 5.73 Å². The molecule has 10 heteroatoms. The van der Waals surface area contributed by atoms with Crippen molar-refractivity contribution in [3.8, 4) is 0 Å². The molecule has 2 rings (SSSR count). The molecule has 1 aromatic rings. The van der Waals surface area contributed by atoms with E-state index in [0.29, 0.717) is 0 Å². The average Bonchev–Trinajstić information content (AvgIpc) is 2.74. The summed E-state index contributed by atoms with van der Waals surface area (Å²) in [5.41, 5.74) is 9.01. The molecule has 0 aromatic carbocycles. The van der Waals surface area contributed by atoms with E-state index >= 15 is 0 Å². The van der Waals surface area contributed by atoms with Crippen LogP contribution in [0.25, 0.3) is 0 Å². The molecule has 1 saturated heterocycles. The Morgan fingerprint density at radius 2 is 2.29 bits per heavy atom. The van der Waals surface area contributed by atoms with Crippen LogP contribution in [0.3, 0.4) is 0 Å². The molecular formula is C11H13FN4O5. The highest BCUT2D eigenvalue weighted by atomic mass is 19.1. The summed E-state index contributed by atoms with van der Waals surface area (Å²) in [5, 5.41) is 18.8. The normalized spacial score (nSPS) is 27.2. The van der Waals surface area contributed by atoms with Crippen LogP contribution in [0.4, 0.5) is 10.2 Å². The molecule has 2 heterocycles. The summed E-state index contributed by atoms with van der Waals surface area (Å²) in [4.78, 5) is 26.4. The number of hydrogen-bond donors (Lipinski definition) is 4. The van der Waals surface area contributed by atoms with Gasteiger partial charge in [0.1, 0.15) is 18.0 Å². The van der Waals surface area contributed by atoms with Crippen LogP contribution < -0.4 is 17.2 Å². The molecule has 1 fully saturated rings. The topological polar surface area (TPSA) is 154 Å². The number of aliphatic hydroxyl groups is 2. The number of ether oxygens (including phenoxy) is 1. The number of amides is 1. The average molecular weight is 300 g/mol. The first kappa shape index (κ1) is 15.1. The van der Waals surface area contributed by atoms with Crippen molar-refractivity contribution >= 4 is 11.7 Å². The minimum Gasteiger partial charge on any atom is -0.394 e. The van der Waals surface area contributed by atoms with E-state index in [1.165, 1.54) is 0 Å². The maximum absolute atomic E-state index is 12.9. The zero-order valence-corrected chi connectivity index (χ0v) is 10.6. The van der Waals surface area contributed by atoms with E-state index in [9.17, 15) is 19.1 Å². The lowest BCUT2D eigenvalue weighted by atomic mass is 10.1. The fraction of sp³-hybridized carbons (Fsp3) is 0.364. The van der Waals surface area contributed by atoms with Gasteiger partial charge in [0.15, 0.2) is 6.23 Å². The molecule has 0 saturated carbocycles. The van der Waals surface area contributed by atoms with Crippen LogP contribution in [0.15, 0.2) is 22.9 Å². The summed E-state index contributed by atoms with van der Waals surface area (Å²) in [7, 11) is 0. The van der Waals surface area contributed by atoms with Gasteiger partial charge in [0.2, 0.25) is 0 Å². The molecule has 3 unspecified atom stereocenters. The highest BCUT2D eigenvalue weighted by Crippen LogP contribution is 2.33. The van der Waals surface area contributed by atoms with Crippen molar-refractivity contribution in [2.75, 3.05) is 12.3 Å². The van der Waals surface area contributed by atoms with E-state index in [0.717, 1.165) is 10.8 Å². The number of aromatic nitrogens is 2. The van der Waals surface area contributed by atoms with Gasteiger partial charge in [-0.3, -0.25) is 9.36 Å². The third kappa shape index (κ3) is 2.51. The smallest absolute Gasteiger partial charge is 0.351 e. The van der Waals surface area contributed by atoms with Crippen molar-refractivity contribution in [3.05, 3.63) is 34.1 Å². The molecular weight excluding hydrogens is 287 g/mol. The second-order valence-electron chi connectivity index (χ2n) is 4.36. The Labute approximate surface area is 117 Å². The summed E-state index contributed by atoms with van der Waals surface area (Å²) < 4.78 is 18.9. The molecule has 0 bridgehead atoms. The van der Waals surface area contributed by atoms with Gasteiger partial charge in [-0.05, 0) is 0 Å². The number of carbonyl (C=O) groups is 1. The summed E-state index contributed by atoms with van der Waals surface area (Å²) in [6.45, 7) is -0.588. The predicted molar refractivity (Wildman–Crippen MR) is 67.6 cm³/mol. The minimum absolute atomic E-state index is 0.0672. The molecule has 0 spiro atoms. The number of primary amides is 1. The number of rotatable bonds is 3. The van der Waals surface area contributed by atoms with Gasteiger partial charge in [-0.15, -0.1) is 0 Å². The first-order valence-electron chi connectivity index (χ1n) is 5.83. The quantitative estimate of drug-likeness (QED) is 0.504. The third-order valence-corrected chi connectivity index (χ3v) is 3.09. The van der Waals surface area contributed by atoms with Crippen LogP contribution in [0.5, 0.6) is 0 Å². The Kier molecular flexibility index (Phi) is 4.02. The lowest BCUT2D eigenvalue weighted by molar-refractivity contribution is -0.0447. The number of nitrogens with two attached hydrogens (primary N) is 2. The van der Waals surface area contributed by atoms with Crippen molar-refractivity contribution in [2.45, 2.75) is 18.4 Å². The zero-order valence-electron chi connectivity index (χ0n) is 10.6. The first-order valence-corrected chi connectivity index (χ1v) is 5.83. The molecule has 1 aromatic heterocycles. The molecule has 1 aliphatic rings. The van der Waals surface area contributed by atoms with E-state index in [2.05, 4.69) is 4.98 Å². The van der Waals surface area contributed by atoms with Gasteiger partial charge in [0, 0.05) is 11.8 Å². The highest BCUT2D eigenvalue weighted by Gasteiger charge is 2.40. The predicted octanol–water partition coefficient (Wildman–Crippen LogP) is -1.97. The number of carbonyl (C=O) groups excluding carboxylic acids is 1. The fourth-order valence-corrected chi connectivity index (χ4v) is 2.01. The van der Waals surface area contributed by atoms with E-state index in [4.69, 9.17) is 21.3 Å². The van der Waals surface area contributed by atoms with E-state index in [1.54, 1.807) is 0 Å². The summed E-state index contributed by atoms with van der Waals surface area (Å²) >= 11 is 0. The van der Waals surface area contributed by atoms with Crippen molar-refractivity contribution in [1.29, 1.82) is 0 Å². The summed E-state index contributed by atoms with van der Waals surface area (Å²) in [6.07, 6.45) is -2.88. The van der Waals surface area contributed by atoms with Gasteiger partial charge in [-0.25, -0.2) is 9.18 Å². The molecule has 114 valence electrons. The van der Waals surface area contributed by atoms with Gasteiger partial charge in [0.05, 0.1) is 18.5 Å². The maximum Gasteiger partial charge on any atom is 0.351 e. The molecule has 0 radical (unpaired) electrons. The monoisotopic (exact) mass is 300 g/mol. The number of nitrogens with zero attached hydrogens (tertiary/aromatic N) is 2. The molecule has 9 nitrogen and oxygen atoms in total. The van der Waals surface area contributed by atoms with Crippen LogP contribution in [0.2, 0.25) is 0 Å². The Bertz CT molecular complexity index is 659. The Morgan fingerprint density at radius 1 is 1.62 bits per heavy atom. The van der Waals surface area contributed by atoms with E-state index < -0.39 is 36.6 Å². The fourth-order valence-electron chi connectivity index (χ4n) is 2.01. The lowest BCUT2D eigenvalue weighted by Crippen LogP contribution is -2.31. The molecule has 3 atom stereocenters. The zero-order chi connectivity index (χ0) is 15.7. The second kappa shape index (κ2) is 5.60. The number of anilines is 1. The highest BCUT2D eigenvalue weighted by molar-refractivity contribution is 5.96. The minimum atomic E-state index is -1.44. The van der Waals surface area contributed by atoms with Gasteiger partial charge in [-0.1, -0.05) is 0 Å². The van der Waals surface area contributed by atoms with Crippen LogP contribution in [-0.4, -0.2) is 44.5 Å². The maximum atomic E-state index is 12.9. The summed E-state index contributed by atoms with van der Waals surface area (Å²) in [5.74, 6) is -1.30. The number of nitrogen functional groups attached to an aromatic ring is 1. The number of halogens is 1. The Hall–Kier alpha value is -2.30. The van der Waals surface area contributed by atoms with Crippen molar-refractivity contribution in [1.82, 2.24) is 9.55 Å². The van der Waals surface area contributed by atoms with E-state index in [-0.39, 0.29) is 23.3 Å². The summed E-state index contributed by atoms with van der Waals surface area (Å²) in [6, 6.07) is 0. The van der Waals surface area contributed by atoms with Crippen LogP contribution in [0.1, 0.15) is 16.6 Å². The second-order valence-corrected chi connectivity index (χ2v) is 4.36. The van der Waals surface area contributed by atoms with Crippen LogP contribution >= 0.6 is 0 Å². The van der Waals surface area contributed by atoms with Gasteiger partial charge < -0.3 is 26.4 Å². The molecule has 21 heavy (non-hydrogen) atoms. The Balaban J connectivity index is 2.54. The van der Waals surface area contributed by atoms with Gasteiger partial charge in [0.25, 0.3) is 5.91 Å². The van der Waals surface area contributed by atoms with Gasteiger partial charge in [-0.2, -0.15) is 4.98 Å². The molecule has 1 amide bonds. The van der Waals surface area contributed by atoms with Crippen LogP contribution in [0, 0.1) is 0 Å². The Morgan fingerprint density at radius 3 is 2.81 bits per heavy atom. The van der Waals surface area contributed by atoms with Gasteiger partial charge >= 0.3 is 5.69 Å². The number of hydrogen-bond acceptors (Lipinski definition) is 7. The third-order valence-electron chi connectivity index (χ3n) is 3.09. The SMILES string of the molecule is NC(=O)c1cn(C2OC(CO)C(O)C2=CF)c(=O)nc1N.